The highest BCUT2D eigenvalue weighted by molar-refractivity contribution is 7.15. The van der Waals surface area contributed by atoms with Crippen molar-refractivity contribution in [1.29, 1.82) is 0 Å². The summed E-state index contributed by atoms with van der Waals surface area (Å²) in [5.41, 5.74) is 0.845. The first-order valence-corrected chi connectivity index (χ1v) is 6.60. The van der Waals surface area contributed by atoms with Crippen molar-refractivity contribution >= 4 is 33.6 Å². The highest BCUT2D eigenvalue weighted by Crippen LogP contribution is 2.29. The fourth-order valence-electron chi connectivity index (χ4n) is 1.52. The largest absolute Gasteiger partial charge is 0.495 e. The van der Waals surface area contributed by atoms with E-state index in [4.69, 9.17) is 16.3 Å². The lowest BCUT2D eigenvalue weighted by Gasteiger charge is -2.08. The van der Waals surface area contributed by atoms with Crippen molar-refractivity contribution in [2.45, 2.75) is 6.54 Å². The summed E-state index contributed by atoms with van der Waals surface area (Å²) in [5, 5.41) is 14.4. The van der Waals surface area contributed by atoms with E-state index in [9.17, 15) is 10.1 Å². The number of nitro groups is 1. The van der Waals surface area contributed by atoms with E-state index in [1.165, 1.54) is 6.07 Å². The first kappa shape index (κ1) is 13.6. The van der Waals surface area contributed by atoms with Gasteiger partial charge in [-0.25, -0.2) is 0 Å². The predicted molar refractivity (Wildman–Crippen MR) is 76.3 cm³/mol. The third kappa shape index (κ3) is 3.36. The van der Waals surface area contributed by atoms with Crippen LogP contribution >= 0.6 is 22.9 Å². The quantitative estimate of drug-likeness (QED) is 0.671. The van der Waals surface area contributed by atoms with Crippen molar-refractivity contribution in [2.24, 2.45) is 0 Å². The molecule has 1 N–H and O–H groups in total. The maximum absolute atomic E-state index is 10.6. The van der Waals surface area contributed by atoms with Gasteiger partial charge in [-0.05, 0) is 18.2 Å². The third-order valence-corrected chi connectivity index (χ3v) is 3.79. The average molecular weight is 299 g/mol. The maximum atomic E-state index is 10.6. The predicted octanol–water partition coefficient (Wildman–Crippen LogP) is 3.93. The standard InChI is InChI=1S/C12H11ClN2O3S/c1-18-11-6-8(2-4-10(11)13)14-7-9-3-5-12(19-9)15(16)17/h2-6,14H,7H2,1H3. The van der Waals surface area contributed by atoms with Crippen LogP contribution in [-0.2, 0) is 6.54 Å². The molecule has 0 aliphatic heterocycles. The van der Waals surface area contributed by atoms with E-state index in [1.807, 2.05) is 6.07 Å². The molecule has 0 spiro atoms. The van der Waals surface area contributed by atoms with Crippen molar-refractivity contribution in [3.63, 3.8) is 0 Å². The number of hydrogen-bond donors (Lipinski definition) is 1. The van der Waals surface area contributed by atoms with Crippen LogP contribution in [0.25, 0.3) is 0 Å². The molecule has 0 aliphatic carbocycles. The summed E-state index contributed by atoms with van der Waals surface area (Å²) in [4.78, 5) is 11.1. The maximum Gasteiger partial charge on any atom is 0.324 e. The van der Waals surface area contributed by atoms with Gasteiger partial charge in [0, 0.05) is 29.2 Å². The molecule has 0 radical (unpaired) electrons. The molecule has 1 aromatic carbocycles. The Balaban J connectivity index is 2.03. The number of halogens is 1. The first-order valence-electron chi connectivity index (χ1n) is 5.40. The van der Waals surface area contributed by atoms with Crippen LogP contribution < -0.4 is 10.1 Å². The van der Waals surface area contributed by atoms with Gasteiger partial charge in [0.1, 0.15) is 5.75 Å². The molecule has 0 saturated carbocycles. The zero-order chi connectivity index (χ0) is 13.8. The van der Waals surface area contributed by atoms with Crippen molar-refractivity contribution in [1.82, 2.24) is 0 Å². The number of nitrogens with one attached hydrogen (secondary N) is 1. The van der Waals surface area contributed by atoms with Gasteiger partial charge in [0.05, 0.1) is 17.1 Å². The van der Waals surface area contributed by atoms with Gasteiger partial charge in [-0.1, -0.05) is 22.9 Å². The fourth-order valence-corrected chi connectivity index (χ4v) is 2.47. The van der Waals surface area contributed by atoms with Crippen LogP contribution in [0, 0.1) is 10.1 Å². The highest BCUT2D eigenvalue weighted by Gasteiger charge is 2.09. The molecule has 100 valence electrons. The third-order valence-electron chi connectivity index (χ3n) is 2.45. The van der Waals surface area contributed by atoms with Crippen molar-refractivity contribution < 1.29 is 9.66 Å². The van der Waals surface area contributed by atoms with Gasteiger partial charge in [0.15, 0.2) is 0 Å². The minimum Gasteiger partial charge on any atom is -0.495 e. The number of benzene rings is 1. The Hall–Kier alpha value is -1.79. The van der Waals surface area contributed by atoms with E-state index in [-0.39, 0.29) is 9.92 Å². The number of nitrogens with zero attached hydrogens (tertiary/aromatic N) is 1. The van der Waals surface area contributed by atoms with Gasteiger partial charge >= 0.3 is 5.00 Å². The Labute approximate surface area is 118 Å². The number of hydrogen-bond acceptors (Lipinski definition) is 5. The number of ether oxygens (including phenoxy) is 1. The van der Waals surface area contributed by atoms with E-state index in [0.29, 0.717) is 17.3 Å². The molecule has 0 unspecified atom stereocenters. The summed E-state index contributed by atoms with van der Waals surface area (Å²) in [5.74, 6) is 0.587. The Morgan fingerprint density at radius 2 is 2.21 bits per heavy atom. The van der Waals surface area contributed by atoms with Crippen LogP contribution in [-0.4, -0.2) is 12.0 Å². The SMILES string of the molecule is COc1cc(NCc2ccc([N+](=O)[O-])s2)ccc1Cl. The van der Waals surface area contributed by atoms with E-state index in [2.05, 4.69) is 5.32 Å². The molecule has 0 atom stereocenters. The Morgan fingerprint density at radius 1 is 1.42 bits per heavy atom. The second-order valence-corrected chi connectivity index (χ2v) is 5.25. The molecule has 2 rings (SSSR count). The minimum absolute atomic E-state index is 0.144. The van der Waals surface area contributed by atoms with Crippen LogP contribution in [0.3, 0.4) is 0 Å². The molecule has 0 saturated heterocycles. The van der Waals surface area contributed by atoms with Crippen LogP contribution in [0.2, 0.25) is 5.02 Å². The van der Waals surface area contributed by atoms with E-state index >= 15 is 0 Å². The Kier molecular flexibility index (Phi) is 4.24. The Bertz CT molecular complexity index is 600. The van der Waals surface area contributed by atoms with Crippen molar-refractivity contribution in [3.05, 3.63) is 50.3 Å². The fraction of sp³-hybridized carbons (Fsp3) is 0.167. The summed E-state index contributed by atoms with van der Waals surface area (Å²) in [6, 6.07) is 8.59. The normalized spacial score (nSPS) is 10.2. The van der Waals surface area contributed by atoms with Gasteiger partial charge in [-0.2, -0.15) is 0 Å². The number of rotatable bonds is 5. The lowest BCUT2D eigenvalue weighted by atomic mass is 10.3. The molecule has 5 nitrogen and oxygen atoms in total. The molecule has 0 fully saturated rings. The topological polar surface area (TPSA) is 64.4 Å². The van der Waals surface area contributed by atoms with Gasteiger partial charge < -0.3 is 10.1 Å². The zero-order valence-corrected chi connectivity index (χ0v) is 11.6. The smallest absolute Gasteiger partial charge is 0.324 e. The first-order chi connectivity index (χ1) is 9.10. The average Bonchev–Trinajstić information content (AvgIpc) is 2.87. The van der Waals surface area contributed by atoms with Crippen LogP contribution in [0.1, 0.15) is 4.88 Å². The number of anilines is 1. The molecule has 1 heterocycles. The lowest BCUT2D eigenvalue weighted by Crippen LogP contribution is -1.97. The van der Waals surface area contributed by atoms with Crippen molar-refractivity contribution in [3.8, 4) is 5.75 Å². The molecule has 0 amide bonds. The van der Waals surface area contributed by atoms with E-state index in [1.54, 1.807) is 25.3 Å². The van der Waals surface area contributed by atoms with Crippen LogP contribution in [0.15, 0.2) is 30.3 Å². The van der Waals surface area contributed by atoms with Crippen LogP contribution in [0.5, 0.6) is 5.75 Å². The highest BCUT2D eigenvalue weighted by atomic mass is 35.5. The second kappa shape index (κ2) is 5.90. The summed E-state index contributed by atoms with van der Waals surface area (Å²) >= 11 is 7.08. The summed E-state index contributed by atoms with van der Waals surface area (Å²) < 4.78 is 5.11. The molecule has 2 aromatic rings. The number of thiophene rings is 1. The zero-order valence-electron chi connectivity index (χ0n) is 10.1. The van der Waals surface area contributed by atoms with Gasteiger partial charge in [-0.3, -0.25) is 10.1 Å². The molecule has 19 heavy (non-hydrogen) atoms. The van der Waals surface area contributed by atoms with Gasteiger partial charge in [-0.15, -0.1) is 0 Å². The monoisotopic (exact) mass is 298 g/mol. The molecule has 0 bridgehead atoms. The van der Waals surface area contributed by atoms with Crippen LogP contribution in [0.4, 0.5) is 10.7 Å². The van der Waals surface area contributed by atoms with Gasteiger partial charge in [0.25, 0.3) is 0 Å². The Morgan fingerprint density at radius 3 is 2.84 bits per heavy atom. The molecule has 1 aromatic heterocycles. The molecule has 0 aliphatic rings. The number of methoxy groups -OCH3 is 1. The summed E-state index contributed by atoms with van der Waals surface area (Å²) in [7, 11) is 1.55. The van der Waals surface area contributed by atoms with E-state index in [0.717, 1.165) is 21.9 Å². The summed E-state index contributed by atoms with van der Waals surface area (Å²) in [6.45, 7) is 0.517. The summed E-state index contributed by atoms with van der Waals surface area (Å²) in [6.07, 6.45) is 0. The molecule has 7 heteroatoms. The van der Waals surface area contributed by atoms with Gasteiger partial charge in [0.2, 0.25) is 0 Å². The molecular weight excluding hydrogens is 288 g/mol. The lowest BCUT2D eigenvalue weighted by molar-refractivity contribution is -0.380. The minimum atomic E-state index is -0.389. The van der Waals surface area contributed by atoms with E-state index < -0.39 is 0 Å². The molecular formula is C12H11ClN2O3S. The van der Waals surface area contributed by atoms with Crippen molar-refractivity contribution in [2.75, 3.05) is 12.4 Å². The second-order valence-electron chi connectivity index (χ2n) is 3.70.